The van der Waals surface area contributed by atoms with Gasteiger partial charge in [0.2, 0.25) is 5.69 Å². The molecule has 4 bridgehead atoms. The van der Waals surface area contributed by atoms with Crippen molar-refractivity contribution in [3.63, 3.8) is 0 Å². The summed E-state index contributed by atoms with van der Waals surface area (Å²) in [6, 6.07) is 9.67. The molecule has 2 aliphatic carbocycles. The van der Waals surface area contributed by atoms with Crippen LogP contribution in [0.15, 0.2) is 29.1 Å². The summed E-state index contributed by atoms with van der Waals surface area (Å²) in [6.45, 7) is 1.99. The molecule has 1 aromatic carbocycles. The van der Waals surface area contributed by atoms with Crippen molar-refractivity contribution in [1.82, 2.24) is 14.5 Å². The van der Waals surface area contributed by atoms with E-state index < -0.39 is 5.97 Å². The number of rotatable bonds is 4. The third-order valence-electron chi connectivity index (χ3n) is 9.24. The average molecular weight is 464 g/mol. The zero-order chi connectivity index (χ0) is 23.2. The van der Waals surface area contributed by atoms with E-state index in [1.165, 1.54) is 57.8 Å². The molecule has 6 nitrogen and oxygen atoms in total. The van der Waals surface area contributed by atoms with Gasteiger partial charge in [-0.15, -0.1) is 0 Å². The zero-order valence-electron chi connectivity index (χ0n) is 20.3. The molecule has 2 aromatic rings. The SMILES string of the molecule is CCOC(=O)c1nc2ccccc2n(C2CC3CCCC(C2)N3C2C3CCCC2CCC3)c1=O. The average Bonchev–Trinajstić information content (AvgIpc) is 2.82. The number of aromatic nitrogens is 2. The Morgan fingerprint density at radius 1 is 0.941 bits per heavy atom. The number of benzene rings is 1. The van der Waals surface area contributed by atoms with E-state index in [1.807, 2.05) is 28.8 Å². The molecule has 4 fully saturated rings. The topological polar surface area (TPSA) is 64.4 Å². The van der Waals surface area contributed by atoms with Crippen LogP contribution in [0.1, 0.15) is 94.1 Å². The molecule has 2 saturated carbocycles. The van der Waals surface area contributed by atoms with Gasteiger partial charge in [-0.3, -0.25) is 9.69 Å². The van der Waals surface area contributed by atoms with Crippen LogP contribution < -0.4 is 5.56 Å². The molecule has 2 atom stereocenters. The monoisotopic (exact) mass is 463 g/mol. The van der Waals surface area contributed by atoms with Crippen LogP contribution in [0.3, 0.4) is 0 Å². The van der Waals surface area contributed by atoms with E-state index >= 15 is 0 Å². The van der Waals surface area contributed by atoms with Gasteiger partial charge >= 0.3 is 5.97 Å². The summed E-state index contributed by atoms with van der Waals surface area (Å²) < 4.78 is 7.09. The fraction of sp³-hybridized carbons (Fsp3) is 0.679. The van der Waals surface area contributed by atoms with E-state index in [0.29, 0.717) is 17.6 Å². The van der Waals surface area contributed by atoms with Gasteiger partial charge in [0.05, 0.1) is 17.6 Å². The predicted octanol–water partition coefficient (Wildman–Crippen LogP) is 5.10. The first-order valence-electron chi connectivity index (χ1n) is 13.6. The second kappa shape index (κ2) is 9.10. The van der Waals surface area contributed by atoms with E-state index in [0.717, 1.165) is 36.2 Å². The fourth-order valence-corrected chi connectivity index (χ4v) is 8.06. The highest BCUT2D eigenvalue weighted by Gasteiger charge is 2.48. The second-order valence-corrected chi connectivity index (χ2v) is 11.0. The summed E-state index contributed by atoms with van der Waals surface area (Å²) in [4.78, 5) is 33.6. The normalized spacial score (nSPS) is 33.6. The van der Waals surface area contributed by atoms with Crippen molar-refractivity contribution >= 4 is 17.0 Å². The molecule has 2 unspecified atom stereocenters. The Bertz CT molecular complexity index is 1090. The molecule has 3 heterocycles. The quantitative estimate of drug-likeness (QED) is 0.590. The number of carbonyl (C=O) groups is 1. The van der Waals surface area contributed by atoms with Gasteiger partial charge in [0, 0.05) is 24.2 Å². The number of carbonyl (C=O) groups excluding carboxylic acids is 1. The maximum absolute atomic E-state index is 13.6. The number of piperidine rings is 2. The second-order valence-electron chi connectivity index (χ2n) is 11.0. The Morgan fingerprint density at radius 2 is 1.56 bits per heavy atom. The Hall–Kier alpha value is -2.21. The Kier molecular flexibility index (Phi) is 5.96. The summed E-state index contributed by atoms with van der Waals surface area (Å²) >= 11 is 0. The lowest BCUT2D eigenvalue weighted by atomic mass is 9.65. The summed E-state index contributed by atoms with van der Waals surface area (Å²) in [5, 5.41) is 0. The molecule has 1 aromatic heterocycles. The van der Waals surface area contributed by atoms with Crippen molar-refractivity contribution in [1.29, 1.82) is 0 Å². The first-order chi connectivity index (χ1) is 16.7. The number of hydrogen-bond acceptors (Lipinski definition) is 5. The van der Waals surface area contributed by atoms with Crippen molar-refractivity contribution in [2.24, 2.45) is 11.8 Å². The number of nitrogens with zero attached hydrogens (tertiary/aromatic N) is 3. The first kappa shape index (κ1) is 22.3. The van der Waals surface area contributed by atoms with Gasteiger partial charge in [-0.05, 0) is 82.3 Å². The largest absolute Gasteiger partial charge is 0.461 e. The van der Waals surface area contributed by atoms with Gasteiger partial charge in [0.15, 0.2) is 0 Å². The number of fused-ring (bicyclic) bond motifs is 6. The van der Waals surface area contributed by atoms with Crippen LogP contribution in [0.2, 0.25) is 0 Å². The minimum absolute atomic E-state index is 0.0741. The van der Waals surface area contributed by atoms with Crippen molar-refractivity contribution in [3.8, 4) is 0 Å². The maximum Gasteiger partial charge on any atom is 0.362 e. The van der Waals surface area contributed by atoms with E-state index in [9.17, 15) is 9.59 Å². The van der Waals surface area contributed by atoms with Crippen LogP contribution in [0.4, 0.5) is 0 Å². The van der Waals surface area contributed by atoms with Crippen LogP contribution in [0.5, 0.6) is 0 Å². The fourth-order valence-electron chi connectivity index (χ4n) is 8.06. The highest BCUT2D eigenvalue weighted by Crippen LogP contribution is 2.49. The lowest BCUT2D eigenvalue weighted by Gasteiger charge is -2.58. The smallest absolute Gasteiger partial charge is 0.362 e. The molecule has 34 heavy (non-hydrogen) atoms. The molecular formula is C28H37N3O3. The van der Waals surface area contributed by atoms with E-state index in [-0.39, 0.29) is 23.9 Å². The van der Waals surface area contributed by atoms with E-state index in [2.05, 4.69) is 9.88 Å². The number of para-hydroxylation sites is 2. The Balaban J connectivity index is 1.37. The molecule has 6 rings (SSSR count). The highest BCUT2D eigenvalue weighted by molar-refractivity contribution is 5.89. The number of hydrogen-bond donors (Lipinski definition) is 0. The standard InChI is InChI=1S/C28H37N3O3/c1-2-34-28(33)25-27(32)31(24-15-4-3-14-23(24)29-25)22-16-20-12-7-13-21(17-22)30(20)26-18-8-5-9-19(26)11-6-10-18/h3-4,14-15,18-22,26H,2,5-13,16-17H2,1H3. The van der Waals surface area contributed by atoms with Crippen molar-refractivity contribution in [3.05, 3.63) is 40.3 Å². The van der Waals surface area contributed by atoms with Crippen LogP contribution in [-0.4, -0.2) is 45.2 Å². The molecule has 0 radical (unpaired) electrons. The third-order valence-corrected chi connectivity index (χ3v) is 9.24. The molecule has 0 spiro atoms. The minimum Gasteiger partial charge on any atom is -0.461 e. The summed E-state index contributed by atoms with van der Waals surface area (Å²) in [5.41, 5.74) is 1.17. The maximum atomic E-state index is 13.6. The van der Waals surface area contributed by atoms with Crippen LogP contribution in [-0.2, 0) is 4.74 Å². The summed E-state index contributed by atoms with van der Waals surface area (Å²) in [7, 11) is 0. The molecule has 0 N–H and O–H groups in total. The zero-order valence-corrected chi connectivity index (χ0v) is 20.3. The predicted molar refractivity (Wildman–Crippen MR) is 132 cm³/mol. The number of esters is 1. The molecule has 4 aliphatic rings. The summed E-state index contributed by atoms with van der Waals surface area (Å²) in [5.74, 6) is 1.12. The molecule has 2 saturated heterocycles. The number of ether oxygens (including phenoxy) is 1. The van der Waals surface area contributed by atoms with E-state index in [1.54, 1.807) is 6.92 Å². The third kappa shape index (κ3) is 3.69. The van der Waals surface area contributed by atoms with Crippen LogP contribution in [0.25, 0.3) is 11.0 Å². The summed E-state index contributed by atoms with van der Waals surface area (Å²) in [6.07, 6.45) is 14.1. The first-order valence-corrected chi connectivity index (χ1v) is 13.6. The lowest BCUT2D eigenvalue weighted by Crippen LogP contribution is -2.62. The van der Waals surface area contributed by atoms with Crippen LogP contribution in [0, 0.1) is 11.8 Å². The van der Waals surface area contributed by atoms with Crippen molar-refractivity contribution in [2.45, 2.75) is 102 Å². The Morgan fingerprint density at radius 3 is 2.21 bits per heavy atom. The Labute approximate surface area is 201 Å². The van der Waals surface area contributed by atoms with Crippen molar-refractivity contribution < 1.29 is 9.53 Å². The van der Waals surface area contributed by atoms with Gasteiger partial charge in [0.25, 0.3) is 5.56 Å². The molecule has 0 amide bonds. The minimum atomic E-state index is -0.611. The van der Waals surface area contributed by atoms with Gasteiger partial charge in [-0.1, -0.05) is 31.4 Å². The molecular weight excluding hydrogens is 426 g/mol. The lowest BCUT2D eigenvalue weighted by molar-refractivity contribution is -0.0818. The van der Waals surface area contributed by atoms with E-state index in [4.69, 9.17) is 4.74 Å². The van der Waals surface area contributed by atoms with Gasteiger partial charge in [0.1, 0.15) is 0 Å². The molecule has 182 valence electrons. The van der Waals surface area contributed by atoms with Gasteiger partial charge < -0.3 is 9.30 Å². The van der Waals surface area contributed by atoms with Crippen molar-refractivity contribution in [2.75, 3.05) is 6.61 Å². The van der Waals surface area contributed by atoms with Crippen LogP contribution >= 0.6 is 0 Å². The molecule has 6 heteroatoms. The van der Waals surface area contributed by atoms with Gasteiger partial charge in [-0.2, -0.15) is 0 Å². The molecule has 2 aliphatic heterocycles. The highest BCUT2D eigenvalue weighted by atomic mass is 16.5. The van der Waals surface area contributed by atoms with Gasteiger partial charge in [-0.25, -0.2) is 9.78 Å².